The standard InChI is InChI=1S/C22H23N5O3S2/c1-13-6-5-7-14(2)20(13)30-11-18-25-26-22(27(18)3)31-12-19(28)24-21-23-16-9-8-15(29-4)10-17(16)32-21/h5-10H,11-12H2,1-4H3,(H,23,24,28). The number of carbonyl (C=O) groups is 1. The van der Waals surface area contributed by atoms with Gasteiger partial charge in [-0.25, -0.2) is 4.98 Å². The average Bonchev–Trinajstić information content (AvgIpc) is 3.33. The number of thioether (sulfide) groups is 1. The Morgan fingerprint density at radius 3 is 2.72 bits per heavy atom. The van der Waals surface area contributed by atoms with Gasteiger partial charge in [-0.05, 0) is 43.2 Å². The highest BCUT2D eigenvalue weighted by Gasteiger charge is 2.14. The van der Waals surface area contributed by atoms with Crippen LogP contribution in [0, 0.1) is 13.8 Å². The lowest BCUT2D eigenvalue weighted by Crippen LogP contribution is -2.14. The van der Waals surface area contributed by atoms with Crippen molar-refractivity contribution in [3.05, 3.63) is 53.3 Å². The molecule has 0 aliphatic rings. The molecule has 0 bridgehead atoms. The lowest BCUT2D eigenvalue weighted by atomic mass is 10.1. The first-order valence-electron chi connectivity index (χ1n) is 9.89. The molecule has 10 heteroatoms. The minimum Gasteiger partial charge on any atom is -0.497 e. The highest BCUT2D eigenvalue weighted by Crippen LogP contribution is 2.29. The van der Waals surface area contributed by atoms with E-state index in [1.54, 1.807) is 7.11 Å². The van der Waals surface area contributed by atoms with Gasteiger partial charge in [0.15, 0.2) is 16.1 Å². The number of rotatable bonds is 8. The highest BCUT2D eigenvalue weighted by molar-refractivity contribution is 7.99. The zero-order valence-electron chi connectivity index (χ0n) is 18.2. The third-order valence-electron chi connectivity index (χ3n) is 4.85. The second-order valence-corrected chi connectivity index (χ2v) is 9.13. The Kier molecular flexibility index (Phi) is 6.61. The number of amides is 1. The molecule has 0 saturated carbocycles. The molecule has 2 aromatic heterocycles. The number of fused-ring (bicyclic) bond motifs is 1. The third kappa shape index (κ3) is 4.86. The molecule has 2 aromatic carbocycles. The van der Waals surface area contributed by atoms with Crippen molar-refractivity contribution in [2.45, 2.75) is 25.6 Å². The summed E-state index contributed by atoms with van der Waals surface area (Å²) in [6.45, 7) is 4.33. The van der Waals surface area contributed by atoms with Crippen molar-refractivity contribution in [2.24, 2.45) is 7.05 Å². The first kappa shape index (κ1) is 22.1. The molecule has 32 heavy (non-hydrogen) atoms. The maximum atomic E-state index is 12.4. The summed E-state index contributed by atoms with van der Waals surface area (Å²) in [6, 6.07) is 11.7. The topological polar surface area (TPSA) is 91.2 Å². The summed E-state index contributed by atoms with van der Waals surface area (Å²) in [6.07, 6.45) is 0. The van der Waals surface area contributed by atoms with Gasteiger partial charge < -0.3 is 19.4 Å². The quantitative estimate of drug-likeness (QED) is 0.383. The van der Waals surface area contributed by atoms with Crippen LogP contribution in [0.25, 0.3) is 10.2 Å². The number of aromatic nitrogens is 4. The van der Waals surface area contributed by atoms with Crippen molar-refractivity contribution in [2.75, 3.05) is 18.2 Å². The van der Waals surface area contributed by atoms with Gasteiger partial charge in [0.05, 0.1) is 23.1 Å². The molecule has 0 radical (unpaired) electrons. The lowest BCUT2D eigenvalue weighted by molar-refractivity contribution is -0.113. The number of benzene rings is 2. The van der Waals surface area contributed by atoms with Crippen LogP contribution in [0.15, 0.2) is 41.6 Å². The van der Waals surface area contributed by atoms with Gasteiger partial charge >= 0.3 is 0 Å². The molecule has 0 aliphatic carbocycles. The number of para-hydroxylation sites is 1. The summed E-state index contributed by atoms with van der Waals surface area (Å²) in [4.78, 5) is 16.9. The zero-order chi connectivity index (χ0) is 22.7. The fourth-order valence-corrected chi connectivity index (χ4v) is 4.77. The molecule has 0 saturated heterocycles. The van der Waals surface area contributed by atoms with E-state index >= 15 is 0 Å². The summed E-state index contributed by atoms with van der Waals surface area (Å²) in [5.41, 5.74) is 2.97. The van der Waals surface area contributed by atoms with Crippen LogP contribution in [-0.4, -0.2) is 38.5 Å². The number of nitrogens with zero attached hydrogens (tertiary/aromatic N) is 4. The van der Waals surface area contributed by atoms with Crippen molar-refractivity contribution in [3.63, 3.8) is 0 Å². The van der Waals surface area contributed by atoms with E-state index in [4.69, 9.17) is 9.47 Å². The number of carbonyl (C=O) groups excluding carboxylic acids is 1. The number of hydrogen-bond acceptors (Lipinski definition) is 8. The molecular formula is C22H23N5O3S2. The fourth-order valence-electron chi connectivity index (χ4n) is 3.13. The monoisotopic (exact) mass is 469 g/mol. The number of ether oxygens (including phenoxy) is 2. The van der Waals surface area contributed by atoms with Crippen molar-refractivity contribution in [1.29, 1.82) is 0 Å². The Morgan fingerprint density at radius 1 is 1.19 bits per heavy atom. The molecule has 0 spiro atoms. The van der Waals surface area contributed by atoms with Crippen LogP contribution >= 0.6 is 23.1 Å². The van der Waals surface area contributed by atoms with E-state index in [2.05, 4.69) is 20.5 Å². The summed E-state index contributed by atoms with van der Waals surface area (Å²) in [7, 11) is 3.49. The molecule has 4 aromatic rings. The Morgan fingerprint density at radius 2 is 1.97 bits per heavy atom. The Balaban J connectivity index is 1.34. The minimum absolute atomic E-state index is 0.155. The van der Waals surface area contributed by atoms with Gasteiger partial charge in [0.2, 0.25) is 5.91 Å². The van der Waals surface area contributed by atoms with E-state index in [9.17, 15) is 4.79 Å². The van der Waals surface area contributed by atoms with Crippen molar-refractivity contribution >= 4 is 44.4 Å². The Labute approximate surface area is 194 Å². The molecule has 1 N–H and O–H groups in total. The maximum absolute atomic E-state index is 12.4. The minimum atomic E-state index is -0.155. The van der Waals surface area contributed by atoms with Crippen molar-refractivity contribution in [1.82, 2.24) is 19.7 Å². The third-order valence-corrected chi connectivity index (χ3v) is 6.81. The van der Waals surface area contributed by atoms with Crippen LogP contribution in [0.2, 0.25) is 0 Å². The summed E-state index contributed by atoms with van der Waals surface area (Å²) >= 11 is 2.72. The zero-order valence-corrected chi connectivity index (χ0v) is 19.8. The van der Waals surface area contributed by atoms with Crippen LogP contribution in [0.5, 0.6) is 11.5 Å². The molecule has 0 atom stereocenters. The number of thiazole rings is 1. The van der Waals surface area contributed by atoms with Crippen LogP contribution in [0.4, 0.5) is 5.13 Å². The molecular weight excluding hydrogens is 446 g/mol. The Bertz CT molecular complexity index is 1250. The van der Waals surface area contributed by atoms with Gasteiger partial charge in [-0.15, -0.1) is 10.2 Å². The smallest absolute Gasteiger partial charge is 0.236 e. The molecule has 2 heterocycles. The van der Waals surface area contributed by atoms with E-state index in [1.165, 1.54) is 23.1 Å². The van der Waals surface area contributed by atoms with Gasteiger partial charge in [-0.2, -0.15) is 0 Å². The predicted molar refractivity (Wildman–Crippen MR) is 127 cm³/mol. The number of anilines is 1. The fraction of sp³-hybridized carbons (Fsp3) is 0.273. The molecule has 8 nitrogen and oxygen atoms in total. The van der Waals surface area contributed by atoms with E-state index in [-0.39, 0.29) is 11.7 Å². The summed E-state index contributed by atoms with van der Waals surface area (Å²) in [5.74, 6) is 2.35. The van der Waals surface area contributed by atoms with Crippen LogP contribution in [0.1, 0.15) is 17.0 Å². The lowest BCUT2D eigenvalue weighted by Gasteiger charge is -2.11. The van der Waals surface area contributed by atoms with Gasteiger partial charge in [-0.1, -0.05) is 41.3 Å². The molecule has 0 fully saturated rings. The molecule has 1 amide bonds. The SMILES string of the molecule is COc1ccc2nc(NC(=O)CSc3nnc(COc4c(C)cccc4C)n3C)sc2c1. The van der Waals surface area contributed by atoms with Gasteiger partial charge in [0, 0.05) is 7.05 Å². The number of aryl methyl sites for hydroxylation is 2. The second-order valence-electron chi connectivity index (χ2n) is 7.16. The number of nitrogens with one attached hydrogen (secondary N) is 1. The van der Waals surface area contributed by atoms with Crippen LogP contribution < -0.4 is 14.8 Å². The average molecular weight is 470 g/mol. The molecule has 0 unspecified atom stereocenters. The summed E-state index contributed by atoms with van der Waals surface area (Å²) in [5, 5.41) is 12.5. The molecule has 0 aliphatic heterocycles. The largest absolute Gasteiger partial charge is 0.497 e. The van der Waals surface area contributed by atoms with Crippen molar-refractivity contribution < 1.29 is 14.3 Å². The number of hydrogen-bond donors (Lipinski definition) is 1. The maximum Gasteiger partial charge on any atom is 0.236 e. The predicted octanol–water partition coefficient (Wildman–Crippen LogP) is 4.36. The van der Waals surface area contributed by atoms with Gasteiger partial charge in [0.1, 0.15) is 18.1 Å². The summed E-state index contributed by atoms with van der Waals surface area (Å²) < 4.78 is 14.0. The molecule has 4 rings (SSSR count). The molecule has 166 valence electrons. The first-order chi connectivity index (χ1) is 15.4. The normalized spacial score (nSPS) is 11.0. The highest BCUT2D eigenvalue weighted by atomic mass is 32.2. The van der Waals surface area contributed by atoms with E-state index in [1.807, 2.05) is 61.9 Å². The van der Waals surface area contributed by atoms with E-state index in [0.29, 0.717) is 22.7 Å². The number of methoxy groups -OCH3 is 1. The first-order valence-corrected chi connectivity index (χ1v) is 11.7. The van der Waals surface area contributed by atoms with E-state index < -0.39 is 0 Å². The van der Waals surface area contributed by atoms with Crippen LogP contribution in [-0.2, 0) is 18.4 Å². The van der Waals surface area contributed by atoms with Crippen LogP contribution in [0.3, 0.4) is 0 Å². The Hall–Kier alpha value is -3.11. The van der Waals surface area contributed by atoms with Crippen molar-refractivity contribution in [3.8, 4) is 11.5 Å². The van der Waals surface area contributed by atoms with Gasteiger partial charge in [-0.3, -0.25) is 4.79 Å². The van der Waals surface area contributed by atoms with E-state index in [0.717, 1.165) is 32.8 Å². The second kappa shape index (κ2) is 9.58. The van der Waals surface area contributed by atoms with Gasteiger partial charge in [0.25, 0.3) is 0 Å².